The van der Waals surface area contributed by atoms with Gasteiger partial charge >= 0.3 is 0 Å². The van der Waals surface area contributed by atoms with Crippen LogP contribution in [-0.2, 0) is 6.61 Å². The number of benzene rings is 2. The van der Waals surface area contributed by atoms with Gasteiger partial charge in [-0.3, -0.25) is 0 Å². The molecule has 4 heteroatoms. The van der Waals surface area contributed by atoms with Gasteiger partial charge in [-0.2, -0.15) is 0 Å². The molecule has 0 aliphatic carbocycles. The van der Waals surface area contributed by atoms with Crippen LogP contribution in [0.25, 0.3) is 0 Å². The summed E-state index contributed by atoms with van der Waals surface area (Å²) in [4.78, 5) is 0.366. The zero-order chi connectivity index (χ0) is 15.4. The van der Waals surface area contributed by atoms with Crippen LogP contribution >= 0.6 is 12.2 Å². The van der Waals surface area contributed by atoms with E-state index >= 15 is 0 Å². The first kappa shape index (κ1) is 15.3. The minimum absolute atomic E-state index is 0.366. The molecule has 3 nitrogen and oxygen atoms in total. The molecule has 0 saturated carbocycles. The maximum atomic E-state index is 5.92. The number of hydrogen-bond donors (Lipinski definition) is 1. The minimum atomic E-state index is 0.366. The first-order valence-corrected chi connectivity index (χ1v) is 7.09. The summed E-state index contributed by atoms with van der Waals surface area (Å²) >= 11 is 5.01. The SMILES string of the molecule is COc1ccc(C(N)=S)cc1COc1cccc(C)c1C. The van der Waals surface area contributed by atoms with E-state index in [-0.39, 0.29) is 0 Å². The second-order valence-corrected chi connectivity index (χ2v) is 5.32. The lowest BCUT2D eigenvalue weighted by atomic mass is 10.1. The molecule has 0 saturated heterocycles. The molecule has 0 atom stereocenters. The highest BCUT2D eigenvalue weighted by Crippen LogP contribution is 2.25. The van der Waals surface area contributed by atoms with Gasteiger partial charge in [0, 0.05) is 11.1 Å². The molecule has 2 N–H and O–H groups in total. The summed E-state index contributed by atoms with van der Waals surface area (Å²) in [6.45, 7) is 4.52. The largest absolute Gasteiger partial charge is 0.496 e. The van der Waals surface area contributed by atoms with E-state index in [0.29, 0.717) is 11.6 Å². The number of rotatable bonds is 5. The summed E-state index contributed by atoms with van der Waals surface area (Å²) in [5.41, 5.74) is 9.75. The van der Waals surface area contributed by atoms with Gasteiger partial charge in [-0.1, -0.05) is 24.4 Å². The molecule has 0 amide bonds. The van der Waals surface area contributed by atoms with Crippen LogP contribution in [0.4, 0.5) is 0 Å². The van der Waals surface area contributed by atoms with E-state index in [9.17, 15) is 0 Å². The van der Waals surface area contributed by atoms with Crippen molar-refractivity contribution in [1.29, 1.82) is 0 Å². The van der Waals surface area contributed by atoms with Crippen molar-refractivity contribution in [3.05, 3.63) is 58.7 Å². The molecular formula is C17H19NO2S. The van der Waals surface area contributed by atoms with Crippen LogP contribution in [0.3, 0.4) is 0 Å². The molecule has 0 unspecified atom stereocenters. The summed E-state index contributed by atoms with van der Waals surface area (Å²) in [6, 6.07) is 11.6. The van der Waals surface area contributed by atoms with Crippen LogP contribution in [0.2, 0.25) is 0 Å². The Hall–Kier alpha value is -2.07. The van der Waals surface area contributed by atoms with Gasteiger partial charge < -0.3 is 15.2 Å². The molecule has 110 valence electrons. The summed E-state index contributed by atoms with van der Waals surface area (Å²) < 4.78 is 11.3. The molecule has 2 rings (SSSR count). The molecule has 0 heterocycles. The Morgan fingerprint density at radius 1 is 1.14 bits per heavy atom. The fraction of sp³-hybridized carbons (Fsp3) is 0.235. The average Bonchev–Trinajstić information content (AvgIpc) is 2.48. The smallest absolute Gasteiger partial charge is 0.125 e. The topological polar surface area (TPSA) is 44.5 Å². The van der Waals surface area contributed by atoms with Gasteiger partial charge in [-0.05, 0) is 49.2 Å². The number of hydrogen-bond acceptors (Lipinski definition) is 3. The van der Waals surface area contributed by atoms with Gasteiger partial charge in [0.15, 0.2) is 0 Å². The summed E-state index contributed by atoms with van der Waals surface area (Å²) in [5.74, 6) is 1.64. The molecule has 2 aromatic rings. The predicted molar refractivity (Wildman–Crippen MR) is 89.1 cm³/mol. The molecule has 0 aliphatic rings. The fourth-order valence-corrected chi connectivity index (χ4v) is 2.21. The van der Waals surface area contributed by atoms with Crippen molar-refractivity contribution in [1.82, 2.24) is 0 Å². The molecule has 0 aromatic heterocycles. The van der Waals surface area contributed by atoms with Crippen LogP contribution in [0.5, 0.6) is 11.5 Å². The second-order valence-electron chi connectivity index (χ2n) is 4.88. The Morgan fingerprint density at radius 2 is 1.90 bits per heavy atom. The predicted octanol–water partition coefficient (Wildman–Crippen LogP) is 3.53. The quantitative estimate of drug-likeness (QED) is 0.858. The minimum Gasteiger partial charge on any atom is -0.496 e. The van der Waals surface area contributed by atoms with E-state index in [1.54, 1.807) is 7.11 Å². The van der Waals surface area contributed by atoms with Gasteiger partial charge in [0.1, 0.15) is 23.1 Å². The normalized spacial score (nSPS) is 10.2. The van der Waals surface area contributed by atoms with Gasteiger partial charge in [0.2, 0.25) is 0 Å². The Morgan fingerprint density at radius 3 is 2.57 bits per heavy atom. The standard InChI is InChI=1S/C17H19NO2S/c1-11-5-4-6-15(12(11)2)20-10-14-9-13(17(18)21)7-8-16(14)19-3/h4-9H,10H2,1-3H3,(H2,18,21). The van der Waals surface area contributed by atoms with Crippen LogP contribution < -0.4 is 15.2 Å². The van der Waals surface area contributed by atoms with Crippen LogP contribution in [0.1, 0.15) is 22.3 Å². The summed E-state index contributed by atoms with van der Waals surface area (Å²) in [6.07, 6.45) is 0. The van der Waals surface area contributed by atoms with Gasteiger partial charge in [0.05, 0.1) is 7.11 Å². The monoisotopic (exact) mass is 301 g/mol. The van der Waals surface area contributed by atoms with E-state index < -0.39 is 0 Å². The maximum Gasteiger partial charge on any atom is 0.125 e. The number of thiocarbonyl (C=S) groups is 1. The lowest BCUT2D eigenvalue weighted by Crippen LogP contribution is -2.10. The van der Waals surface area contributed by atoms with Crippen molar-refractivity contribution in [2.75, 3.05) is 7.11 Å². The van der Waals surface area contributed by atoms with E-state index in [0.717, 1.165) is 28.2 Å². The van der Waals surface area contributed by atoms with Crippen molar-refractivity contribution in [3.63, 3.8) is 0 Å². The van der Waals surface area contributed by atoms with Crippen molar-refractivity contribution in [2.45, 2.75) is 20.5 Å². The van der Waals surface area contributed by atoms with Gasteiger partial charge in [-0.15, -0.1) is 0 Å². The third kappa shape index (κ3) is 3.52. The first-order chi connectivity index (χ1) is 10.0. The summed E-state index contributed by atoms with van der Waals surface area (Å²) in [5, 5.41) is 0. The highest BCUT2D eigenvalue weighted by atomic mass is 32.1. The fourth-order valence-electron chi connectivity index (χ4n) is 2.08. The molecule has 21 heavy (non-hydrogen) atoms. The number of aryl methyl sites for hydroxylation is 1. The molecule has 0 aliphatic heterocycles. The number of nitrogens with two attached hydrogens (primary N) is 1. The van der Waals surface area contributed by atoms with Gasteiger partial charge in [0.25, 0.3) is 0 Å². The third-order valence-corrected chi connectivity index (χ3v) is 3.74. The summed E-state index contributed by atoms with van der Waals surface area (Å²) in [7, 11) is 1.64. The van der Waals surface area contributed by atoms with Gasteiger partial charge in [-0.25, -0.2) is 0 Å². The highest BCUT2D eigenvalue weighted by Gasteiger charge is 2.08. The molecule has 0 fully saturated rings. The molecule has 0 radical (unpaired) electrons. The lowest BCUT2D eigenvalue weighted by molar-refractivity contribution is 0.294. The second kappa shape index (κ2) is 6.59. The average molecular weight is 301 g/mol. The van der Waals surface area contributed by atoms with Crippen LogP contribution in [-0.4, -0.2) is 12.1 Å². The zero-order valence-corrected chi connectivity index (χ0v) is 13.3. The zero-order valence-electron chi connectivity index (χ0n) is 12.5. The number of methoxy groups -OCH3 is 1. The van der Waals surface area contributed by atoms with Crippen molar-refractivity contribution in [3.8, 4) is 11.5 Å². The first-order valence-electron chi connectivity index (χ1n) is 6.68. The maximum absolute atomic E-state index is 5.92. The van der Waals surface area contributed by atoms with E-state index in [1.807, 2.05) is 37.3 Å². The van der Waals surface area contributed by atoms with Crippen molar-refractivity contribution < 1.29 is 9.47 Å². The molecule has 0 spiro atoms. The molecule has 2 aromatic carbocycles. The Labute approximate surface area is 130 Å². The number of ether oxygens (including phenoxy) is 2. The molecule has 0 bridgehead atoms. The van der Waals surface area contributed by atoms with Crippen molar-refractivity contribution >= 4 is 17.2 Å². The lowest BCUT2D eigenvalue weighted by Gasteiger charge is -2.14. The van der Waals surface area contributed by atoms with Crippen LogP contribution in [0, 0.1) is 13.8 Å². The molecular weight excluding hydrogens is 282 g/mol. The highest BCUT2D eigenvalue weighted by molar-refractivity contribution is 7.80. The van der Waals surface area contributed by atoms with Crippen molar-refractivity contribution in [2.24, 2.45) is 5.73 Å². The van der Waals surface area contributed by atoms with E-state index in [2.05, 4.69) is 13.0 Å². The van der Waals surface area contributed by atoms with E-state index in [4.69, 9.17) is 27.4 Å². The Kier molecular flexibility index (Phi) is 4.81. The third-order valence-electron chi connectivity index (χ3n) is 3.50. The Bertz CT molecular complexity index is 668. The Balaban J connectivity index is 2.24. The van der Waals surface area contributed by atoms with Crippen LogP contribution in [0.15, 0.2) is 36.4 Å². The van der Waals surface area contributed by atoms with E-state index in [1.165, 1.54) is 5.56 Å².